The lowest BCUT2D eigenvalue weighted by Gasteiger charge is -2.56. The van der Waals surface area contributed by atoms with Crippen molar-refractivity contribution in [3.8, 4) is 0 Å². The summed E-state index contributed by atoms with van der Waals surface area (Å²) in [6.07, 6.45) is 14.3. The summed E-state index contributed by atoms with van der Waals surface area (Å²) in [7, 11) is -5.07. The smallest absolute Gasteiger partial charge is 0.242 e. The van der Waals surface area contributed by atoms with E-state index in [9.17, 15) is 0 Å². The highest BCUT2D eigenvalue weighted by atomic mass is 28.4. The van der Waals surface area contributed by atoms with Gasteiger partial charge in [-0.05, 0) is 127 Å². The third kappa shape index (κ3) is 4.96. The largest absolute Gasteiger partial charge is 0.547 e. The SMILES string of the molecule is CC12CCC3C(C=C(O[Si](C)(C)C)C4=CC(O[Si](C)(C)C)=CCC43C)C1CC=C2O[Si](C)(C)C. The summed E-state index contributed by atoms with van der Waals surface area (Å²) in [4.78, 5) is 0. The van der Waals surface area contributed by atoms with E-state index in [0.717, 1.165) is 24.4 Å². The first-order valence-electron chi connectivity index (χ1n) is 13.3. The predicted molar refractivity (Wildman–Crippen MR) is 151 cm³/mol. The fraction of sp³-hybridized carbons (Fsp3) is 0.714. The van der Waals surface area contributed by atoms with Gasteiger partial charge in [-0.3, -0.25) is 0 Å². The third-order valence-corrected chi connectivity index (χ3v) is 10.7. The van der Waals surface area contributed by atoms with Crippen LogP contribution >= 0.6 is 0 Å². The van der Waals surface area contributed by atoms with Crippen LogP contribution in [0.3, 0.4) is 0 Å². The second-order valence-electron chi connectivity index (χ2n) is 14.5. The molecule has 0 spiro atoms. The molecule has 190 valence electrons. The summed E-state index contributed by atoms with van der Waals surface area (Å²) >= 11 is 0. The van der Waals surface area contributed by atoms with Crippen LogP contribution in [0.25, 0.3) is 0 Å². The maximum Gasteiger partial charge on any atom is 0.242 e. The number of rotatable bonds is 6. The van der Waals surface area contributed by atoms with Crippen molar-refractivity contribution in [3.63, 3.8) is 0 Å². The summed E-state index contributed by atoms with van der Waals surface area (Å²) in [5, 5.41) is 0. The molecule has 0 amide bonds. The normalized spacial score (nSPS) is 35.7. The van der Waals surface area contributed by atoms with Gasteiger partial charge in [0, 0.05) is 16.4 Å². The van der Waals surface area contributed by atoms with E-state index in [1.165, 1.54) is 24.2 Å². The average Bonchev–Trinajstić information content (AvgIpc) is 2.95. The highest BCUT2D eigenvalue weighted by Gasteiger charge is 2.58. The van der Waals surface area contributed by atoms with Gasteiger partial charge in [-0.15, -0.1) is 0 Å². The molecule has 0 aliphatic heterocycles. The summed E-state index contributed by atoms with van der Waals surface area (Å²) in [5.41, 5.74) is 1.64. The number of fused-ring (bicyclic) bond motifs is 5. The molecule has 4 aliphatic rings. The van der Waals surface area contributed by atoms with Crippen LogP contribution in [0.2, 0.25) is 58.9 Å². The van der Waals surface area contributed by atoms with Crippen molar-refractivity contribution in [2.45, 2.75) is 98.5 Å². The molecule has 0 aromatic rings. The number of allylic oxidation sites excluding steroid dienone is 6. The van der Waals surface area contributed by atoms with Crippen molar-refractivity contribution in [3.05, 3.63) is 47.2 Å². The molecule has 6 heteroatoms. The van der Waals surface area contributed by atoms with E-state index in [1.807, 2.05) is 0 Å². The van der Waals surface area contributed by atoms with Crippen LogP contribution in [0, 0.1) is 28.6 Å². The summed E-state index contributed by atoms with van der Waals surface area (Å²) in [6.45, 7) is 25.6. The van der Waals surface area contributed by atoms with Crippen molar-refractivity contribution in [1.29, 1.82) is 0 Å². The van der Waals surface area contributed by atoms with Crippen LogP contribution in [0.1, 0.15) is 39.5 Å². The predicted octanol–water partition coefficient (Wildman–Crippen LogP) is 8.60. The molecule has 0 aromatic heterocycles. The monoisotopic (exact) mass is 516 g/mol. The Morgan fingerprint density at radius 2 is 1.38 bits per heavy atom. The molecule has 0 bridgehead atoms. The second kappa shape index (κ2) is 8.27. The van der Waals surface area contributed by atoms with Crippen molar-refractivity contribution in [2.75, 3.05) is 0 Å². The number of hydrogen-bond acceptors (Lipinski definition) is 3. The van der Waals surface area contributed by atoms with Crippen molar-refractivity contribution in [1.82, 2.24) is 0 Å². The Hall–Kier alpha value is -0.989. The minimum Gasteiger partial charge on any atom is -0.547 e. The quantitative estimate of drug-likeness (QED) is 0.331. The molecule has 5 unspecified atom stereocenters. The van der Waals surface area contributed by atoms with E-state index in [2.05, 4.69) is 97.1 Å². The lowest BCUT2D eigenvalue weighted by molar-refractivity contribution is 0.000714. The Balaban J connectivity index is 1.74. The Morgan fingerprint density at radius 1 is 0.765 bits per heavy atom. The van der Waals surface area contributed by atoms with Gasteiger partial charge in [-0.25, -0.2) is 0 Å². The number of hydrogen-bond donors (Lipinski definition) is 0. The van der Waals surface area contributed by atoms with E-state index in [-0.39, 0.29) is 10.8 Å². The molecule has 0 radical (unpaired) electrons. The van der Waals surface area contributed by atoms with E-state index >= 15 is 0 Å². The second-order valence-corrected chi connectivity index (χ2v) is 27.8. The van der Waals surface area contributed by atoms with E-state index in [4.69, 9.17) is 13.3 Å². The summed E-state index contributed by atoms with van der Waals surface area (Å²) in [5.74, 6) is 5.26. The van der Waals surface area contributed by atoms with Gasteiger partial charge in [0.2, 0.25) is 25.0 Å². The molecule has 1 saturated carbocycles. The summed E-state index contributed by atoms with van der Waals surface area (Å²) in [6, 6.07) is 0. The molecule has 0 heterocycles. The first-order chi connectivity index (χ1) is 15.4. The van der Waals surface area contributed by atoms with Gasteiger partial charge in [0.05, 0.1) is 11.5 Å². The lowest BCUT2D eigenvalue weighted by atomic mass is 9.49. The molecule has 0 N–H and O–H groups in total. The standard InChI is InChI=1S/C28H48O3Si3/c1-27-16-14-20(29-32(3,4)5)18-24(27)25(30-33(6,7)8)19-21-22-12-13-26(31-34(9,10)11)28(22,2)17-15-23(21)27/h13-14,18-19,21-23H,12,15-17H2,1-11H3. The average molecular weight is 517 g/mol. The fourth-order valence-electron chi connectivity index (χ4n) is 6.79. The Kier molecular flexibility index (Phi) is 6.34. The lowest BCUT2D eigenvalue weighted by Crippen LogP contribution is -2.50. The van der Waals surface area contributed by atoms with E-state index < -0.39 is 25.0 Å². The van der Waals surface area contributed by atoms with Crippen LogP contribution in [-0.4, -0.2) is 25.0 Å². The van der Waals surface area contributed by atoms with Crippen molar-refractivity contribution >= 4 is 25.0 Å². The molecular formula is C28H48O3Si3. The fourth-order valence-corrected chi connectivity index (χ4v) is 9.46. The van der Waals surface area contributed by atoms with Crippen molar-refractivity contribution in [2.24, 2.45) is 28.6 Å². The maximum atomic E-state index is 6.85. The van der Waals surface area contributed by atoms with Gasteiger partial charge in [-0.2, -0.15) is 0 Å². The maximum absolute atomic E-state index is 6.85. The van der Waals surface area contributed by atoms with Crippen LogP contribution in [-0.2, 0) is 13.3 Å². The molecule has 34 heavy (non-hydrogen) atoms. The first kappa shape index (κ1) is 26.1. The van der Waals surface area contributed by atoms with Gasteiger partial charge in [0.1, 0.15) is 5.76 Å². The highest BCUT2D eigenvalue weighted by molar-refractivity contribution is 6.70. The van der Waals surface area contributed by atoms with E-state index in [1.54, 1.807) is 0 Å². The van der Waals surface area contributed by atoms with Crippen LogP contribution in [0.5, 0.6) is 0 Å². The molecule has 1 fully saturated rings. The van der Waals surface area contributed by atoms with Crippen LogP contribution in [0.4, 0.5) is 0 Å². The van der Waals surface area contributed by atoms with Crippen molar-refractivity contribution < 1.29 is 13.3 Å². The highest BCUT2D eigenvalue weighted by Crippen LogP contribution is 2.65. The molecule has 4 rings (SSSR count). The summed E-state index contributed by atoms with van der Waals surface area (Å²) < 4.78 is 20.0. The Labute approximate surface area is 212 Å². The molecule has 5 atom stereocenters. The van der Waals surface area contributed by atoms with Gasteiger partial charge < -0.3 is 13.3 Å². The zero-order chi connectivity index (χ0) is 25.3. The minimum absolute atomic E-state index is 0.102. The molecule has 4 aliphatic carbocycles. The Bertz CT molecular complexity index is 957. The van der Waals surface area contributed by atoms with Gasteiger partial charge in [-0.1, -0.05) is 13.8 Å². The minimum atomic E-state index is -1.77. The van der Waals surface area contributed by atoms with Crippen LogP contribution < -0.4 is 0 Å². The van der Waals surface area contributed by atoms with Crippen LogP contribution in [0.15, 0.2) is 47.2 Å². The topological polar surface area (TPSA) is 27.7 Å². The third-order valence-electron chi connectivity index (χ3n) is 8.16. The van der Waals surface area contributed by atoms with E-state index in [0.29, 0.717) is 17.8 Å². The first-order valence-corrected chi connectivity index (χ1v) is 23.6. The zero-order valence-corrected chi connectivity index (χ0v) is 26.6. The molecular weight excluding hydrogens is 469 g/mol. The van der Waals surface area contributed by atoms with Gasteiger partial charge in [0.25, 0.3) is 0 Å². The molecule has 3 nitrogen and oxygen atoms in total. The molecule has 0 saturated heterocycles. The molecule has 0 aromatic carbocycles. The Morgan fingerprint density at radius 3 is 1.97 bits per heavy atom. The van der Waals surface area contributed by atoms with Gasteiger partial charge >= 0.3 is 0 Å². The zero-order valence-electron chi connectivity index (χ0n) is 23.6. The van der Waals surface area contributed by atoms with Gasteiger partial charge in [0.15, 0.2) is 0 Å².